The van der Waals surface area contributed by atoms with Gasteiger partial charge in [-0.3, -0.25) is 5.32 Å². The zero-order chi connectivity index (χ0) is 14.6. The van der Waals surface area contributed by atoms with E-state index in [2.05, 4.69) is 5.32 Å². The minimum Gasteiger partial charge on any atom is -0.444 e. The van der Waals surface area contributed by atoms with Crippen LogP contribution in [-0.4, -0.2) is 23.3 Å². The molecule has 0 saturated heterocycles. The van der Waals surface area contributed by atoms with Crippen LogP contribution in [0, 0.1) is 0 Å². The monoisotopic (exact) mass is 286 g/mol. The number of amides is 1. The Kier molecular flexibility index (Phi) is 5.17. The van der Waals surface area contributed by atoms with Crippen LogP contribution in [0.2, 0.25) is 5.02 Å². The van der Waals surface area contributed by atoms with Gasteiger partial charge in [-0.1, -0.05) is 11.6 Å². The highest BCUT2D eigenvalue weighted by molar-refractivity contribution is 6.31. The number of halogens is 1. The number of carbonyl (C=O) groups is 1. The second kappa shape index (κ2) is 6.23. The molecule has 106 valence electrons. The van der Waals surface area contributed by atoms with E-state index < -0.39 is 17.8 Å². The lowest BCUT2D eigenvalue weighted by Gasteiger charge is -2.20. The van der Waals surface area contributed by atoms with Crippen LogP contribution < -0.4 is 11.1 Å². The molecule has 0 fully saturated rings. The van der Waals surface area contributed by atoms with E-state index in [-0.39, 0.29) is 6.54 Å². The van der Waals surface area contributed by atoms with E-state index in [4.69, 9.17) is 22.1 Å². The molecule has 0 heterocycles. The van der Waals surface area contributed by atoms with Gasteiger partial charge in [-0.05, 0) is 39.0 Å². The van der Waals surface area contributed by atoms with Crippen LogP contribution in [0.15, 0.2) is 18.2 Å². The zero-order valence-electron chi connectivity index (χ0n) is 11.2. The lowest BCUT2D eigenvalue weighted by Crippen LogP contribution is -2.27. The van der Waals surface area contributed by atoms with Gasteiger partial charge in [-0.25, -0.2) is 4.79 Å². The highest BCUT2D eigenvalue weighted by Gasteiger charge is 2.17. The van der Waals surface area contributed by atoms with Crippen LogP contribution >= 0.6 is 11.6 Å². The van der Waals surface area contributed by atoms with Crippen molar-refractivity contribution in [1.82, 2.24) is 0 Å². The Hall–Kier alpha value is -1.30. The molecule has 0 spiro atoms. The number of nitrogens with one attached hydrogen (secondary N) is 1. The molecular weight excluding hydrogens is 268 g/mol. The molecule has 0 aliphatic heterocycles. The Bertz CT molecular complexity index is 458. The number of benzene rings is 1. The second-order valence-electron chi connectivity index (χ2n) is 5.11. The summed E-state index contributed by atoms with van der Waals surface area (Å²) < 4.78 is 5.13. The molecule has 0 saturated carbocycles. The van der Waals surface area contributed by atoms with Crippen LogP contribution in [-0.2, 0) is 4.74 Å². The van der Waals surface area contributed by atoms with Crippen LogP contribution in [0.3, 0.4) is 0 Å². The molecule has 1 aromatic carbocycles. The van der Waals surface area contributed by atoms with E-state index in [9.17, 15) is 9.90 Å². The largest absolute Gasteiger partial charge is 0.444 e. The number of aliphatic hydroxyl groups excluding tert-OH is 1. The Balaban J connectivity index is 2.83. The molecule has 0 aromatic heterocycles. The van der Waals surface area contributed by atoms with Crippen molar-refractivity contribution in [2.45, 2.75) is 32.5 Å². The van der Waals surface area contributed by atoms with Gasteiger partial charge in [0.05, 0.1) is 6.10 Å². The van der Waals surface area contributed by atoms with Gasteiger partial charge >= 0.3 is 6.09 Å². The number of ether oxygens (including phenoxy) is 1. The van der Waals surface area contributed by atoms with Crippen molar-refractivity contribution in [3.63, 3.8) is 0 Å². The molecule has 5 nitrogen and oxygen atoms in total. The average Bonchev–Trinajstić information content (AvgIpc) is 2.28. The normalized spacial score (nSPS) is 12.9. The summed E-state index contributed by atoms with van der Waals surface area (Å²) in [4.78, 5) is 11.6. The van der Waals surface area contributed by atoms with Crippen LogP contribution in [0.25, 0.3) is 0 Å². The summed E-state index contributed by atoms with van der Waals surface area (Å²) in [6.45, 7) is 5.38. The van der Waals surface area contributed by atoms with Crippen LogP contribution in [0.4, 0.5) is 10.5 Å². The molecule has 0 unspecified atom stereocenters. The summed E-state index contributed by atoms with van der Waals surface area (Å²) in [6, 6.07) is 4.78. The number of anilines is 1. The fraction of sp³-hybridized carbons (Fsp3) is 0.462. The highest BCUT2D eigenvalue weighted by Crippen LogP contribution is 2.26. The smallest absolute Gasteiger partial charge is 0.412 e. The Morgan fingerprint density at radius 3 is 2.68 bits per heavy atom. The minimum atomic E-state index is -0.868. The lowest BCUT2D eigenvalue weighted by molar-refractivity contribution is 0.0636. The maximum atomic E-state index is 11.6. The fourth-order valence-corrected chi connectivity index (χ4v) is 1.67. The quantitative estimate of drug-likeness (QED) is 0.797. The van der Waals surface area contributed by atoms with Crippen LogP contribution in [0.1, 0.15) is 32.4 Å². The first-order valence-corrected chi connectivity index (χ1v) is 6.28. The molecule has 6 heteroatoms. The first kappa shape index (κ1) is 15.8. The van der Waals surface area contributed by atoms with E-state index in [1.165, 1.54) is 0 Å². The van der Waals surface area contributed by atoms with E-state index in [0.29, 0.717) is 16.3 Å². The standard InChI is InChI=1S/C13H19ClN2O3/c1-13(2,3)19-12(18)16-8-4-5-10(14)9(6-8)11(17)7-15/h4-6,11,17H,7,15H2,1-3H3,(H,16,18)/t11-/m0/s1. The SMILES string of the molecule is CC(C)(C)OC(=O)Nc1ccc(Cl)c([C@@H](O)CN)c1. The van der Waals surface area contributed by atoms with Gasteiger partial charge in [0.15, 0.2) is 0 Å². The summed E-state index contributed by atoms with van der Waals surface area (Å²) in [6.07, 6.45) is -1.43. The number of nitrogens with two attached hydrogens (primary N) is 1. The lowest BCUT2D eigenvalue weighted by atomic mass is 10.1. The number of hydrogen-bond acceptors (Lipinski definition) is 4. The summed E-state index contributed by atoms with van der Waals surface area (Å²) in [7, 11) is 0. The van der Waals surface area contributed by atoms with Crippen LogP contribution in [0.5, 0.6) is 0 Å². The number of aliphatic hydroxyl groups is 1. The molecule has 0 radical (unpaired) electrons. The van der Waals surface area contributed by atoms with Gasteiger partial charge in [-0.15, -0.1) is 0 Å². The van der Waals surface area contributed by atoms with Crippen molar-refractivity contribution in [1.29, 1.82) is 0 Å². The van der Waals surface area contributed by atoms with Gasteiger partial charge in [0.1, 0.15) is 5.60 Å². The molecule has 4 N–H and O–H groups in total. The summed E-state index contributed by atoms with van der Waals surface area (Å²) in [5.74, 6) is 0. The third-order valence-electron chi connectivity index (χ3n) is 2.22. The maximum Gasteiger partial charge on any atom is 0.412 e. The summed E-state index contributed by atoms with van der Waals surface area (Å²) in [5, 5.41) is 12.7. The Labute approximate surface area is 117 Å². The van der Waals surface area contributed by atoms with Crippen molar-refractivity contribution >= 4 is 23.4 Å². The van der Waals surface area contributed by atoms with E-state index >= 15 is 0 Å². The van der Waals surface area contributed by atoms with Gasteiger partial charge in [0.2, 0.25) is 0 Å². The van der Waals surface area contributed by atoms with E-state index in [1.54, 1.807) is 39.0 Å². The third-order valence-corrected chi connectivity index (χ3v) is 2.57. The molecule has 0 aliphatic carbocycles. The van der Waals surface area contributed by atoms with Gasteiger partial charge in [0, 0.05) is 22.8 Å². The van der Waals surface area contributed by atoms with Gasteiger partial charge in [0.25, 0.3) is 0 Å². The molecule has 1 aromatic rings. The molecule has 0 aliphatic rings. The maximum absolute atomic E-state index is 11.6. The average molecular weight is 287 g/mol. The number of carbonyl (C=O) groups excluding carboxylic acids is 1. The highest BCUT2D eigenvalue weighted by atomic mass is 35.5. The Morgan fingerprint density at radius 1 is 1.53 bits per heavy atom. The first-order valence-electron chi connectivity index (χ1n) is 5.90. The van der Waals surface area contributed by atoms with Gasteiger partial charge in [-0.2, -0.15) is 0 Å². The van der Waals surface area contributed by atoms with E-state index in [0.717, 1.165) is 0 Å². The topological polar surface area (TPSA) is 84.6 Å². The van der Waals surface area contributed by atoms with Crippen molar-refractivity contribution < 1.29 is 14.6 Å². The first-order chi connectivity index (χ1) is 8.73. The van der Waals surface area contributed by atoms with Crippen molar-refractivity contribution in [2.75, 3.05) is 11.9 Å². The molecule has 1 rings (SSSR count). The predicted molar refractivity (Wildman–Crippen MR) is 75.3 cm³/mol. The van der Waals surface area contributed by atoms with Crippen molar-refractivity contribution in [3.8, 4) is 0 Å². The van der Waals surface area contributed by atoms with E-state index in [1.807, 2.05) is 0 Å². The summed E-state index contributed by atoms with van der Waals surface area (Å²) >= 11 is 5.95. The Morgan fingerprint density at radius 2 is 2.16 bits per heavy atom. The molecule has 19 heavy (non-hydrogen) atoms. The second-order valence-corrected chi connectivity index (χ2v) is 5.52. The molecule has 1 atom stereocenters. The molecule has 1 amide bonds. The van der Waals surface area contributed by atoms with Crippen molar-refractivity contribution in [3.05, 3.63) is 28.8 Å². The predicted octanol–water partition coefficient (Wildman–Crippen LogP) is 2.68. The van der Waals surface area contributed by atoms with Crippen molar-refractivity contribution in [2.24, 2.45) is 5.73 Å². The minimum absolute atomic E-state index is 0.0512. The van der Waals surface area contributed by atoms with Gasteiger partial charge < -0.3 is 15.6 Å². The summed E-state index contributed by atoms with van der Waals surface area (Å²) in [5.41, 5.74) is 5.77. The zero-order valence-corrected chi connectivity index (χ0v) is 12.0. The third kappa shape index (κ3) is 5.06. The number of hydrogen-bond donors (Lipinski definition) is 3. The molecule has 0 bridgehead atoms. The fourth-order valence-electron chi connectivity index (χ4n) is 1.43. The number of rotatable bonds is 3. The molecular formula is C13H19ClN2O3.